The van der Waals surface area contributed by atoms with Gasteiger partial charge in [-0.05, 0) is 114 Å². The van der Waals surface area contributed by atoms with Gasteiger partial charge >= 0.3 is 11.9 Å². The summed E-state index contributed by atoms with van der Waals surface area (Å²) in [5, 5.41) is 43.1. The maximum atomic E-state index is 14.5. The number of aliphatic hydroxyl groups excluding tert-OH is 3. The molecule has 2 bridgehead atoms. The zero-order chi connectivity index (χ0) is 54.4. The maximum Gasteiger partial charge on any atom is 0.329 e. The van der Waals surface area contributed by atoms with Crippen LogP contribution in [0.15, 0.2) is 47.6 Å². The first-order chi connectivity index (χ1) is 34.5. The highest BCUT2D eigenvalue weighted by Crippen LogP contribution is 2.38. The van der Waals surface area contributed by atoms with Crippen molar-refractivity contribution in [2.75, 3.05) is 41.1 Å². The molecule has 3 aliphatic heterocycles. The molecule has 4 N–H and O–H groups in total. The van der Waals surface area contributed by atoms with Gasteiger partial charge in [0.1, 0.15) is 41.7 Å². The zero-order valence-electron chi connectivity index (χ0n) is 45.3. The fourth-order valence-corrected chi connectivity index (χ4v) is 10.7. The monoisotopic (exact) mass is 1030 g/mol. The molecule has 17 nitrogen and oxygen atoms in total. The van der Waals surface area contributed by atoms with Crippen LogP contribution in [0.3, 0.4) is 0 Å². The Labute approximate surface area is 433 Å². The summed E-state index contributed by atoms with van der Waals surface area (Å²) >= 11 is 0. The lowest BCUT2D eigenvalue weighted by Crippen LogP contribution is -2.61. The van der Waals surface area contributed by atoms with Crippen LogP contribution in [0, 0.1) is 40.9 Å². The standard InChI is InChI=1S/C56H87NO16/c1-33-17-13-12-14-18-34(2)45(68-9)29-41-22-20-39(7)56(67,73-41)51(63)52(64)57-24-16-15-19-42(57)53(65)71-46(30-43(60)35(3)26-38(6)49(62)50(70-11)48(61)37(5)25-33)36(4)27-40-21-23-44(47(28-40)69-10)72-54(66)55(8,31-58)32-59/h12-14,17-18,26,33,35-37,39-42,44-47,49-50,58-59,62,67H,15-16,19-25,27-32H2,1-11H3/b14-12-,17-13+,34-18?,38-26-/t33-,35-,36-,37-,39-,40+,41+,42+,44-,45+,46+,47-,49-,50+,56-/m1/s1. The highest BCUT2D eigenvalue weighted by atomic mass is 16.6. The molecule has 1 amide bonds. The van der Waals surface area contributed by atoms with E-state index in [4.69, 9.17) is 28.4 Å². The molecule has 4 aliphatic rings. The van der Waals surface area contributed by atoms with E-state index in [1.807, 2.05) is 51.2 Å². The molecule has 0 unspecified atom stereocenters. The number of esters is 2. The normalized spacial score (nSPS) is 36.7. The van der Waals surface area contributed by atoms with Gasteiger partial charge < -0.3 is 53.7 Å². The maximum absolute atomic E-state index is 14.5. The number of carbonyl (C=O) groups is 6. The summed E-state index contributed by atoms with van der Waals surface area (Å²) in [6.07, 6.45) is 9.76. The number of rotatable bonds is 10. The second-order valence-electron chi connectivity index (χ2n) is 21.8. The minimum absolute atomic E-state index is 0.00697. The third-order valence-corrected chi connectivity index (χ3v) is 15.9. The third-order valence-electron chi connectivity index (χ3n) is 15.9. The fraction of sp³-hybridized carbons (Fsp3) is 0.750. The van der Waals surface area contributed by atoms with Crippen molar-refractivity contribution in [3.05, 3.63) is 47.6 Å². The summed E-state index contributed by atoms with van der Waals surface area (Å²) in [4.78, 5) is 85.4. The quantitative estimate of drug-likeness (QED) is 0.116. The van der Waals surface area contributed by atoms with Crippen LogP contribution in [0.25, 0.3) is 0 Å². The van der Waals surface area contributed by atoms with Gasteiger partial charge in [-0.2, -0.15) is 0 Å². The van der Waals surface area contributed by atoms with E-state index in [0.717, 1.165) is 10.5 Å². The van der Waals surface area contributed by atoms with Crippen LogP contribution < -0.4 is 0 Å². The largest absolute Gasteiger partial charge is 0.460 e. The molecule has 3 heterocycles. The Balaban J connectivity index is 1.69. The molecule has 1 saturated carbocycles. The first kappa shape index (κ1) is 61.6. The molecule has 3 fully saturated rings. The van der Waals surface area contributed by atoms with Crippen molar-refractivity contribution in [2.24, 2.45) is 40.9 Å². The molecule has 412 valence electrons. The number of cyclic esters (lactones) is 1. The number of ether oxygens (including phenoxy) is 6. The average Bonchev–Trinajstić information content (AvgIpc) is 3.37. The van der Waals surface area contributed by atoms with Crippen LogP contribution in [-0.4, -0.2) is 156 Å². The molecule has 0 radical (unpaired) electrons. The molecule has 17 heteroatoms. The van der Waals surface area contributed by atoms with Crippen LogP contribution in [0.1, 0.15) is 132 Å². The Kier molecular flexibility index (Phi) is 23.9. The number of nitrogens with zero attached hydrogens (tertiary/aromatic N) is 1. The Hall–Kier alpha value is -3.94. The van der Waals surface area contributed by atoms with Crippen LogP contribution in [0.4, 0.5) is 0 Å². The van der Waals surface area contributed by atoms with Crippen LogP contribution in [0.5, 0.6) is 0 Å². The Bertz CT molecular complexity index is 2010. The van der Waals surface area contributed by atoms with Gasteiger partial charge in [0.05, 0.1) is 31.5 Å². The summed E-state index contributed by atoms with van der Waals surface area (Å²) in [6.45, 7) is 12.7. The number of aliphatic hydroxyl groups is 4. The molecule has 2 saturated heterocycles. The van der Waals surface area contributed by atoms with E-state index >= 15 is 0 Å². The minimum Gasteiger partial charge on any atom is -0.460 e. The molecule has 4 rings (SSSR count). The first-order valence-corrected chi connectivity index (χ1v) is 26.4. The van der Waals surface area contributed by atoms with E-state index in [1.165, 1.54) is 21.1 Å². The molecule has 0 aromatic heterocycles. The number of fused-ring (bicyclic) bond motifs is 3. The lowest BCUT2D eigenvalue weighted by molar-refractivity contribution is -0.265. The molecule has 73 heavy (non-hydrogen) atoms. The number of piperidine rings is 1. The number of amides is 1. The molecular formula is C56H87NO16. The minimum atomic E-state index is -2.47. The molecule has 15 atom stereocenters. The predicted molar refractivity (Wildman–Crippen MR) is 271 cm³/mol. The molecule has 1 aliphatic carbocycles. The Morgan fingerprint density at radius 1 is 0.863 bits per heavy atom. The Morgan fingerprint density at radius 2 is 1.56 bits per heavy atom. The van der Waals surface area contributed by atoms with Crippen LogP contribution in [-0.2, 0) is 57.2 Å². The molecule has 0 aromatic rings. The van der Waals surface area contributed by atoms with E-state index in [1.54, 1.807) is 40.9 Å². The van der Waals surface area contributed by atoms with Crippen molar-refractivity contribution in [2.45, 2.75) is 187 Å². The fourth-order valence-electron chi connectivity index (χ4n) is 10.7. The predicted octanol–water partition coefficient (Wildman–Crippen LogP) is 5.72. The number of hydrogen-bond donors (Lipinski definition) is 4. The summed E-state index contributed by atoms with van der Waals surface area (Å²) < 4.78 is 35.4. The number of carbonyl (C=O) groups excluding carboxylic acids is 6. The van der Waals surface area contributed by atoms with Gasteiger partial charge in [0.2, 0.25) is 5.79 Å². The summed E-state index contributed by atoms with van der Waals surface area (Å²) in [7, 11) is 4.43. The van der Waals surface area contributed by atoms with Crippen molar-refractivity contribution >= 4 is 35.2 Å². The third kappa shape index (κ3) is 16.0. The first-order valence-electron chi connectivity index (χ1n) is 26.4. The smallest absolute Gasteiger partial charge is 0.329 e. The van der Waals surface area contributed by atoms with E-state index in [0.29, 0.717) is 69.8 Å². The van der Waals surface area contributed by atoms with Crippen molar-refractivity contribution in [3.8, 4) is 0 Å². The average molecular weight is 1030 g/mol. The topological polar surface area (TPSA) is 242 Å². The number of methoxy groups -OCH3 is 3. The van der Waals surface area contributed by atoms with Crippen molar-refractivity contribution in [3.63, 3.8) is 0 Å². The number of hydrogen-bond acceptors (Lipinski definition) is 16. The molecule has 0 aromatic carbocycles. The van der Waals surface area contributed by atoms with Crippen molar-refractivity contribution < 1.29 is 77.6 Å². The van der Waals surface area contributed by atoms with Crippen LogP contribution >= 0.6 is 0 Å². The van der Waals surface area contributed by atoms with Gasteiger partial charge in [0, 0.05) is 58.5 Å². The summed E-state index contributed by atoms with van der Waals surface area (Å²) in [6, 6.07) is -1.20. The van der Waals surface area contributed by atoms with Crippen molar-refractivity contribution in [1.29, 1.82) is 0 Å². The number of ketones is 3. The van der Waals surface area contributed by atoms with E-state index in [9.17, 15) is 49.2 Å². The van der Waals surface area contributed by atoms with Gasteiger partial charge in [-0.1, -0.05) is 71.1 Å². The van der Waals surface area contributed by atoms with E-state index < -0.39 is 120 Å². The van der Waals surface area contributed by atoms with Crippen LogP contribution in [0.2, 0.25) is 0 Å². The molecular weight excluding hydrogens is 943 g/mol. The van der Waals surface area contributed by atoms with Gasteiger partial charge in [-0.3, -0.25) is 24.0 Å². The van der Waals surface area contributed by atoms with E-state index in [-0.39, 0.29) is 42.8 Å². The lowest BCUT2D eigenvalue weighted by Gasteiger charge is -2.42. The lowest BCUT2D eigenvalue weighted by atomic mass is 9.78. The second kappa shape index (κ2) is 28.3. The highest BCUT2D eigenvalue weighted by molar-refractivity contribution is 6.39. The number of Topliss-reactive ketones (excluding diaryl/α,β-unsaturated/α-hetero) is 3. The van der Waals surface area contributed by atoms with Gasteiger partial charge in [-0.25, -0.2) is 4.79 Å². The summed E-state index contributed by atoms with van der Waals surface area (Å²) in [5.41, 5.74) is -0.277. The van der Waals surface area contributed by atoms with Gasteiger partial charge in [0.15, 0.2) is 5.78 Å². The highest BCUT2D eigenvalue weighted by Gasteiger charge is 2.53. The van der Waals surface area contributed by atoms with Crippen molar-refractivity contribution in [1.82, 2.24) is 4.90 Å². The van der Waals surface area contributed by atoms with Gasteiger partial charge in [0.25, 0.3) is 11.7 Å². The second-order valence-corrected chi connectivity index (χ2v) is 21.8. The number of allylic oxidation sites excluding steroid dienone is 6. The summed E-state index contributed by atoms with van der Waals surface area (Å²) in [5.74, 6) is -9.36. The zero-order valence-corrected chi connectivity index (χ0v) is 45.3. The van der Waals surface area contributed by atoms with E-state index in [2.05, 4.69) is 0 Å². The van der Waals surface area contributed by atoms with Gasteiger partial charge in [-0.15, -0.1) is 0 Å². The SMILES string of the molecule is CO[C@H]1C[C@@H]2CC[C@@H](C)[C@@](O)(O2)C(=O)C(=O)N2CCCC[C@H]2C(=O)O[C@H]([C@H](C)C[C@@H]2CC[C@@H](OC(=O)C(C)(CO)CO)[C@H](OC)C2)CC(=O)[C@H](C)/C=C(/C)[C@@H](O)[C@@H](OC)C(=O)[C@H](C)C[C@H](C)/C=C/C=C\C=C1C. The molecule has 0 spiro atoms. The Morgan fingerprint density at radius 3 is 2.21 bits per heavy atom.